The number of hydrogen-bond donors (Lipinski definition) is 2. The molecule has 3 rings (SSSR count). The molecule has 3 amide bonds. The van der Waals surface area contributed by atoms with Crippen LogP contribution in [-0.4, -0.2) is 46.8 Å². The molecule has 1 atom stereocenters. The fraction of sp³-hybridized carbons (Fsp3) is 0.200. The molecule has 1 saturated heterocycles. The first kappa shape index (κ1) is 24.1. The number of carbonyl (C=O) groups is 4. The lowest BCUT2D eigenvalue weighted by Crippen LogP contribution is -2.43. The number of anilines is 1. The Morgan fingerprint density at radius 2 is 1.91 bits per heavy atom. The highest BCUT2D eigenvalue weighted by atomic mass is 79.9. The average molecular weight is 540 g/mol. The molecule has 2 N–H and O–H groups in total. The van der Waals surface area contributed by atoms with Crippen molar-refractivity contribution in [3.05, 3.63) is 67.6 Å². The van der Waals surface area contributed by atoms with E-state index in [1.165, 1.54) is 18.2 Å². The molecular formula is C20H16BrClN4O7. The lowest BCUT2D eigenvalue weighted by atomic mass is 10.1. The molecule has 0 bridgehead atoms. The van der Waals surface area contributed by atoms with E-state index in [9.17, 15) is 29.3 Å². The number of nitrogens with zero attached hydrogens (tertiary/aromatic N) is 2. The highest BCUT2D eigenvalue weighted by Crippen LogP contribution is 2.25. The number of esters is 1. The smallest absolute Gasteiger partial charge is 0.311 e. The van der Waals surface area contributed by atoms with E-state index in [1.54, 1.807) is 12.1 Å². The summed E-state index contributed by atoms with van der Waals surface area (Å²) >= 11 is 9.19. The summed E-state index contributed by atoms with van der Waals surface area (Å²) in [6.07, 6.45) is -0.205. The van der Waals surface area contributed by atoms with Gasteiger partial charge in [0.25, 0.3) is 17.5 Å². The number of halogens is 2. The van der Waals surface area contributed by atoms with Crippen molar-refractivity contribution >= 4 is 62.6 Å². The van der Waals surface area contributed by atoms with Gasteiger partial charge in [-0.15, -0.1) is 0 Å². The van der Waals surface area contributed by atoms with Gasteiger partial charge in [-0.25, -0.2) is 0 Å². The second-order valence-corrected chi connectivity index (χ2v) is 8.20. The van der Waals surface area contributed by atoms with E-state index in [1.807, 2.05) is 0 Å². The molecule has 1 fully saturated rings. The highest BCUT2D eigenvalue weighted by Gasteiger charge is 2.36. The van der Waals surface area contributed by atoms with Gasteiger partial charge < -0.3 is 10.1 Å². The number of carbonyl (C=O) groups excluding carboxylic acids is 4. The minimum absolute atomic E-state index is 0.101. The van der Waals surface area contributed by atoms with Crippen LogP contribution in [0.15, 0.2) is 46.9 Å². The second-order valence-electron chi connectivity index (χ2n) is 6.94. The summed E-state index contributed by atoms with van der Waals surface area (Å²) in [6, 6.07) is 9.59. The van der Waals surface area contributed by atoms with Crippen LogP contribution in [0.3, 0.4) is 0 Å². The summed E-state index contributed by atoms with van der Waals surface area (Å²) in [6.45, 7) is -0.702. The summed E-state index contributed by atoms with van der Waals surface area (Å²) in [4.78, 5) is 58.8. The van der Waals surface area contributed by atoms with Gasteiger partial charge in [0, 0.05) is 34.3 Å². The number of benzene rings is 2. The number of rotatable bonds is 7. The zero-order valence-corrected chi connectivity index (χ0v) is 19.1. The minimum Gasteiger partial charge on any atom is -0.455 e. The molecule has 0 radical (unpaired) electrons. The third kappa shape index (κ3) is 6.26. The molecule has 1 heterocycles. The monoisotopic (exact) mass is 538 g/mol. The molecule has 0 aromatic heterocycles. The number of hydrogen-bond acceptors (Lipinski definition) is 7. The maximum absolute atomic E-state index is 12.3. The molecule has 33 heavy (non-hydrogen) atoms. The maximum Gasteiger partial charge on any atom is 0.311 e. The molecular weight excluding hydrogens is 524 g/mol. The van der Waals surface area contributed by atoms with Crippen molar-refractivity contribution in [1.29, 1.82) is 0 Å². The van der Waals surface area contributed by atoms with Crippen LogP contribution in [0.4, 0.5) is 11.4 Å². The van der Waals surface area contributed by atoms with Crippen LogP contribution in [0.2, 0.25) is 5.02 Å². The normalized spacial score (nSPS) is 15.2. The van der Waals surface area contributed by atoms with Crippen LogP contribution in [0.25, 0.3) is 0 Å². The Morgan fingerprint density at radius 1 is 1.21 bits per heavy atom. The van der Waals surface area contributed by atoms with E-state index in [4.69, 9.17) is 16.3 Å². The van der Waals surface area contributed by atoms with Crippen LogP contribution >= 0.6 is 27.5 Å². The van der Waals surface area contributed by atoms with Crippen molar-refractivity contribution in [2.24, 2.45) is 5.92 Å². The first-order valence-electron chi connectivity index (χ1n) is 9.41. The quantitative estimate of drug-likeness (QED) is 0.312. The number of ether oxygens (including phenoxy) is 1. The number of amides is 3. The average Bonchev–Trinajstić information content (AvgIpc) is 3.15. The number of non-ortho nitro benzene ring substituents is 1. The lowest BCUT2D eigenvalue weighted by molar-refractivity contribution is -0.384. The zero-order chi connectivity index (χ0) is 24.1. The van der Waals surface area contributed by atoms with E-state index in [0.29, 0.717) is 15.2 Å². The van der Waals surface area contributed by atoms with E-state index >= 15 is 0 Å². The van der Waals surface area contributed by atoms with Crippen LogP contribution in [0, 0.1) is 16.0 Å². The number of nitrogens with one attached hydrogen (secondary N) is 2. The Kier molecular flexibility index (Phi) is 7.61. The SMILES string of the molecule is O=C(COC(=O)[C@@H]1CC(=O)N(NC(=O)c2ccc([N+](=O)[O-])cc2)C1)Nc1ccc(Br)c(Cl)c1. The minimum atomic E-state index is -0.871. The molecule has 172 valence electrons. The van der Waals surface area contributed by atoms with E-state index in [-0.39, 0.29) is 24.2 Å². The fourth-order valence-corrected chi connectivity index (χ4v) is 3.35. The van der Waals surface area contributed by atoms with Crippen molar-refractivity contribution in [2.45, 2.75) is 6.42 Å². The Balaban J connectivity index is 1.48. The standard InChI is InChI=1S/C20H16BrClN4O7/c21-15-6-3-13(8-16(15)22)23-17(27)10-33-20(30)12-7-18(28)25(9-12)24-19(29)11-1-4-14(5-2-11)26(31)32/h1-6,8,12H,7,9-10H2,(H,23,27)(H,24,29)/t12-/m1/s1. The van der Waals surface area contributed by atoms with E-state index in [2.05, 4.69) is 26.7 Å². The molecule has 11 nitrogen and oxygen atoms in total. The Bertz CT molecular complexity index is 1130. The number of nitro groups is 1. The van der Waals surface area contributed by atoms with Gasteiger partial charge in [-0.2, -0.15) is 0 Å². The van der Waals surface area contributed by atoms with Crippen LogP contribution in [-0.2, 0) is 19.1 Å². The van der Waals surface area contributed by atoms with Crippen molar-refractivity contribution in [1.82, 2.24) is 10.4 Å². The molecule has 2 aromatic rings. The third-order valence-electron chi connectivity index (χ3n) is 4.58. The summed E-state index contributed by atoms with van der Waals surface area (Å²) < 4.78 is 5.64. The molecule has 0 unspecified atom stereocenters. The molecule has 1 aliphatic rings. The predicted molar refractivity (Wildman–Crippen MR) is 119 cm³/mol. The van der Waals surface area contributed by atoms with E-state index in [0.717, 1.165) is 17.1 Å². The first-order chi connectivity index (χ1) is 15.6. The van der Waals surface area contributed by atoms with Crippen molar-refractivity contribution < 1.29 is 28.8 Å². The second kappa shape index (κ2) is 10.4. The Labute approximate surface area is 200 Å². The molecule has 0 spiro atoms. The van der Waals surface area contributed by atoms with Crippen LogP contribution in [0.1, 0.15) is 16.8 Å². The lowest BCUT2D eigenvalue weighted by Gasteiger charge is -2.17. The summed E-state index contributed by atoms with van der Waals surface area (Å²) in [7, 11) is 0. The molecule has 0 saturated carbocycles. The maximum atomic E-state index is 12.3. The van der Waals surface area contributed by atoms with Crippen LogP contribution < -0.4 is 10.7 Å². The summed E-state index contributed by atoms with van der Waals surface area (Å²) in [5.41, 5.74) is 2.69. The Hall–Kier alpha value is -3.51. The number of hydrazine groups is 1. The highest BCUT2D eigenvalue weighted by molar-refractivity contribution is 9.10. The number of nitro benzene ring substituents is 1. The summed E-state index contributed by atoms with van der Waals surface area (Å²) in [5, 5.41) is 14.6. The third-order valence-corrected chi connectivity index (χ3v) is 5.82. The van der Waals surface area contributed by atoms with Gasteiger partial charge in [-0.3, -0.25) is 39.7 Å². The zero-order valence-electron chi connectivity index (χ0n) is 16.7. The van der Waals surface area contributed by atoms with E-state index < -0.39 is 41.1 Å². The van der Waals surface area contributed by atoms with Gasteiger partial charge in [0.2, 0.25) is 5.91 Å². The topological polar surface area (TPSA) is 148 Å². The van der Waals surface area contributed by atoms with Gasteiger partial charge in [-0.05, 0) is 46.3 Å². The molecule has 13 heteroatoms. The van der Waals surface area contributed by atoms with Gasteiger partial charge in [0.15, 0.2) is 6.61 Å². The molecule has 1 aliphatic heterocycles. The predicted octanol–water partition coefficient (Wildman–Crippen LogP) is 2.69. The summed E-state index contributed by atoms with van der Waals surface area (Å²) in [5.74, 6) is -3.40. The Morgan fingerprint density at radius 3 is 2.55 bits per heavy atom. The molecule has 2 aromatic carbocycles. The van der Waals surface area contributed by atoms with Gasteiger partial charge in [-0.1, -0.05) is 11.6 Å². The fourth-order valence-electron chi connectivity index (χ4n) is 2.92. The van der Waals surface area contributed by atoms with Crippen LogP contribution in [0.5, 0.6) is 0 Å². The van der Waals surface area contributed by atoms with Crippen molar-refractivity contribution in [3.63, 3.8) is 0 Å². The molecule has 0 aliphatic carbocycles. The largest absolute Gasteiger partial charge is 0.455 e. The van der Waals surface area contributed by atoms with Crippen molar-refractivity contribution in [3.8, 4) is 0 Å². The van der Waals surface area contributed by atoms with Gasteiger partial charge in [0.05, 0.1) is 22.4 Å². The first-order valence-corrected chi connectivity index (χ1v) is 10.6. The van der Waals surface area contributed by atoms with Gasteiger partial charge in [0.1, 0.15) is 0 Å². The van der Waals surface area contributed by atoms with Gasteiger partial charge >= 0.3 is 5.97 Å². The van der Waals surface area contributed by atoms with Crippen molar-refractivity contribution in [2.75, 3.05) is 18.5 Å².